The van der Waals surface area contributed by atoms with Gasteiger partial charge in [-0.3, -0.25) is 4.79 Å². The van der Waals surface area contributed by atoms with E-state index in [0.29, 0.717) is 6.04 Å². The number of nitrogens with one attached hydrogen (secondary N) is 1. The SMILES string of the molecule is O=C(CSc1nnc(NC2CC2)s1)N1CCN(S(=O)(=O)c2ccccc2F)CC1. The summed E-state index contributed by atoms with van der Waals surface area (Å²) in [7, 11) is -3.91. The molecule has 1 saturated heterocycles. The number of amides is 1. The first kappa shape index (κ1) is 20.5. The number of carbonyl (C=O) groups excluding carboxylic acids is 1. The monoisotopic (exact) mass is 457 g/mol. The van der Waals surface area contributed by atoms with Gasteiger partial charge in [-0.15, -0.1) is 10.2 Å². The number of halogens is 1. The fourth-order valence-corrected chi connectivity index (χ4v) is 6.13. The van der Waals surface area contributed by atoms with Crippen LogP contribution in [0.5, 0.6) is 0 Å². The van der Waals surface area contributed by atoms with Crippen molar-refractivity contribution in [2.75, 3.05) is 37.2 Å². The molecule has 12 heteroatoms. The molecule has 0 atom stereocenters. The molecule has 2 aromatic rings. The van der Waals surface area contributed by atoms with Gasteiger partial charge in [-0.05, 0) is 25.0 Å². The summed E-state index contributed by atoms with van der Waals surface area (Å²) in [5.74, 6) is -0.627. The lowest BCUT2D eigenvalue weighted by Crippen LogP contribution is -2.51. The summed E-state index contributed by atoms with van der Waals surface area (Å²) in [6, 6.07) is 5.83. The van der Waals surface area contributed by atoms with E-state index in [9.17, 15) is 17.6 Å². The Morgan fingerprint density at radius 2 is 1.93 bits per heavy atom. The van der Waals surface area contributed by atoms with Crippen LogP contribution in [-0.4, -0.2) is 71.7 Å². The largest absolute Gasteiger partial charge is 0.357 e. The molecule has 0 spiro atoms. The van der Waals surface area contributed by atoms with Gasteiger partial charge in [0.1, 0.15) is 10.7 Å². The Balaban J connectivity index is 1.28. The summed E-state index contributed by atoms with van der Waals surface area (Å²) >= 11 is 2.76. The van der Waals surface area contributed by atoms with Gasteiger partial charge in [0.15, 0.2) is 4.34 Å². The average Bonchev–Trinajstić information content (AvgIpc) is 3.42. The Morgan fingerprint density at radius 1 is 1.21 bits per heavy atom. The van der Waals surface area contributed by atoms with Crippen LogP contribution >= 0.6 is 23.1 Å². The van der Waals surface area contributed by atoms with Crippen LogP contribution in [0, 0.1) is 5.82 Å². The number of nitrogens with zero attached hydrogens (tertiary/aromatic N) is 4. The van der Waals surface area contributed by atoms with Gasteiger partial charge in [-0.1, -0.05) is 35.2 Å². The Labute approximate surface area is 176 Å². The van der Waals surface area contributed by atoms with Crippen LogP contribution in [0.2, 0.25) is 0 Å². The number of hydrogen-bond donors (Lipinski definition) is 1. The zero-order valence-corrected chi connectivity index (χ0v) is 17.9. The number of piperazine rings is 1. The molecule has 0 bridgehead atoms. The minimum Gasteiger partial charge on any atom is -0.357 e. The van der Waals surface area contributed by atoms with Crippen LogP contribution in [0.1, 0.15) is 12.8 Å². The topological polar surface area (TPSA) is 95.5 Å². The molecule has 0 unspecified atom stereocenters. The predicted octanol–water partition coefficient (Wildman–Crippen LogP) is 1.88. The highest BCUT2D eigenvalue weighted by atomic mass is 32.2. The van der Waals surface area contributed by atoms with Gasteiger partial charge in [0.2, 0.25) is 21.1 Å². The summed E-state index contributed by atoms with van der Waals surface area (Å²) in [4.78, 5) is 13.8. The molecule has 0 radical (unpaired) electrons. The van der Waals surface area contributed by atoms with Gasteiger partial charge in [0.25, 0.3) is 0 Å². The summed E-state index contributed by atoms with van der Waals surface area (Å²) in [6.45, 7) is 0.831. The van der Waals surface area contributed by atoms with Crippen molar-refractivity contribution in [2.24, 2.45) is 0 Å². The number of anilines is 1. The smallest absolute Gasteiger partial charge is 0.246 e. The number of carbonyl (C=O) groups is 1. The molecule has 4 rings (SSSR count). The third-order valence-corrected chi connectivity index (χ3v) is 8.58. The first-order valence-corrected chi connectivity index (χ1v) is 12.4. The summed E-state index contributed by atoms with van der Waals surface area (Å²) in [6.07, 6.45) is 2.30. The molecule has 1 aliphatic heterocycles. The van der Waals surface area contributed by atoms with Gasteiger partial charge in [0.05, 0.1) is 5.75 Å². The second-order valence-corrected chi connectivity index (χ2v) is 10.9. The highest BCUT2D eigenvalue weighted by Crippen LogP contribution is 2.30. The third-order valence-electron chi connectivity index (χ3n) is 4.68. The molecule has 1 aromatic heterocycles. The molecule has 156 valence electrons. The number of aromatic nitrogens is 2. The van der Waals surface area contributed by atoms with Crippen molar-refractivity contribution >= 4 is 44.2 Å². The number of hydrogen-bond acceptors (Lipinski definition) is 8. The van der Waals surface area contributed by atoms with Crippen LogP contribution in [0.25, 0.3) is 0 Å². The van der Waals surface area contributed by atoms with Crippen molar-refractivity contribution < 1.29 is 17.6 Å². The van der Waals surface area contributed by atoms with E-state index < -0.39 is 15.8 Å². The quantitative estimate of drug-likeness (QED) is 0.634. The third kappa shape index (κ3) is 4.87. The van der Waals surface area contributed by atoms with Crippen LogP contribution in [0.3, 0.4) is 0 Å². The normalized spacial score (nSPS) is 18.0. The van der Waals surface area contributed by atoms with E-state index in [0.717, 1.165) is 28.4 Å². The minimum absolute atomic E-state index is 0.0789. The highest BCUT2D eigenvalue weighted by molar-refractivity contribution is 8.01. The van der Waals surface area contributed by atoms with Gasteiger partial charge >= 0.3 is 0 Å². The molecule has 2 fully saturated rings. The summed E-state index contributed by atoms with van der Waals surface area (Å²) in [5.41, 5.74) is 0. The lowest BCUT2D eigenvalue weighted by molar-refractivity contribution is -0.129. The first-order chi connectivity index (χ1) is 13.9. The van der Waals surface area contributed by atoms with E-state index in [2.05, 4.69) is 15.5 Å². The molecule has 1 amide bonds. The zero-order chi connectivity index (χ0) is 20.4. The van der Waals surface area contributed by atoms with Gasteiger partial charge < -0.3 is 10.2 Å². The number of rotatable bonds is 7. The molecule has 2 heterocycles. The second-order valence-electron chi connectivity index (χ2n) is 6.80. The second kappa shape index (κ2) is 8.54. The van der Waals surface area contributed by atoms with E-state index in [-0.39, 0.29) is 42.7 Å². The number of sulfonamides is 1. The number of benzene rings is 1. The molecule has 2 aliphatic rings. The van der Waals surface area contributed by atoms with Crippen molar-refractivity contribution in [3.05, 3.63) is 30.1 Å². The standard InChI is InChI=1S/C17H20FN5O3S3/c18-13-3-1-2-4-14(13)29(25,26)23-9-7-22(8-10-23)15(24)11-27-17-21-20-16(28-17)19-12-5-6-12/h1-4,12H,5-11H2,(H,19,20). The van der Waals surface area contributed by atoms with Gasteiger partial charge in [-0.25, -0.2) is 12.8 Å². The maximum atomic E-state index is 13.9. The fourth-order valence-electron chi connectivity index (χ4n) is 2.91. The summed E-state index contributed by atoms with van der Waals surface area (Å²) < 4.78 is 41.1. The van der Waals surface area contributed by atoms with Crippen molar-refractivity contribution in [3.8, 4) is 0 Å². The minimum atomic E-state index is -3.91. The average molecular weight is 458 g/mol. The van der Waals surface area contributed by atoms with Crippen molar-refractivity contribution in [2.45, 2.75) is 28.1 Å². The van der Waals surface area contributed by atoms with Crippen molar-refractivity contribution in [3.63, 3.8) is 0 Å². The predicted molar refractivity (Wildman–Crippen MR) is 109 cm³/mol. The van der Waals surface area contributed by atoms with Gasteiger partial charge in [-0.2, -0.15) is 4.31 Å². The van der Waals surface area contributed by atoms with Gasteiger partial charge in [0, 0.05) is 32.2 Å². The van der Waals surface area contributed by atoms with E-state index in [1.165, 1.54) is 45.6 Å². The summed E-state index contributed by atoms with van der Waals surface area (Å²) in [5, 5.41) is 12.2. The van der Waals surface area contributed by atoms with Crippen LogP contribution in [0.4, 0.5) is 9.52 Å². The lowest BCUT2D eigenvalue weighted by Gasteiger charge is -2.34. The lowest BCUT2D eigenvalue weighted by atomic mass is 10.3. The molecule has 8 nitrogen and oxygen atoms in total. The van der Waals surface area contributed by atoms with Crippen molar-refractivity contribution in [1.29, 1.82) is 0 Å². The first-order valence-electron chi connectivity index (χ1n) is 9.19. The molecule has 1 N–H and O–H groups in total. The molecule has 1 saturated carbocycles. The Kier molecular flexibility index (Phi) is 6.04. The molecule has 1 aromatic carbocycles. The fraction of sp³-hybridized carbons (Fsp3) is 0.471. The van der Waals surface area contributed by atoms with E-state index >= 15 is 0 Å². The Morgan fingerprint density at radius 3 is 2.62 bits per heavy atom. The Bertz CT molecular complexity index is 988. The number of thioether (sulfide) groups is 1. The van der Waals surface area contributed by atoms with Crippen LogP contribution in [0.15, 0.2) is 33.5 Å². The molecule has 1 aliphatic carbocycles. The molecular weight excluding hydrogens is 437 g/mol. The van der Waals surface area contributed by atoms with Crippen LogP contribution < -0.4 is 5.32 Å². The van der Waals surface area contributed by atoms with E-state index in [1.54, 1.807) is 4.90 Å². The Hall–Kier alpha value is -1.76. The molecular formula is C17H20FN5O3S3. The maximum Gasteiger partial charge on any atom is 0.246 e. The van der Waals surface area contributed by atoms with Crippen LogP contribution in [-0.2, 0) is 14.8 Å². The molecule has 29 heavy (non-hydrogen) atoms. The maximum absolute atomic E-state index is 13.9. The van der Waals surface area contributed by atoms with E-state index in [4.69, 9.17) is 0 Å². The zero-order valence-electron chi connectivity index (χ0n) is 15.5. The highest BCUT2D eigenvalue weighted by Gasteiger charge is 2.31. The van der Waals surface area contributed by atoms with E-state index in [1.807, 2.05) is 0 Å². The van der Waals surface area contributed by atoms with Crippen molar-refractivity contribution in [1.82, 2.24) is 19.4 Å².